The van der Waals surface area contributed by atoms with E-state index in [4.69, 9.17) is 9.47 Å². The molecule has 0 atom stereocenters. The molecule has 1 amide bonds. The molecule has 8 heteroatoms. The maximum Gasteiger partial charge on any atom is 0.286 e. The van der Waals surface area contributed by atoms with Crippen LogP contribution in [0.15, 0.2) is 51.9 Å². The van der Waals surface area contributed by atoms with Gasteiger partial charge < -0.3 is 14.0 Å². The Morgan fingerprint density at radius 2 is 2.04 bits per heavy atom. The van der Waals surface area contributed by atoms with Crippen molar-refractivity contribution in [3.05, 3.63) is 57.6 Å². The molecule has 0 aliphatic heterocycles. The smallest absolute Gasteiger partial charge is 0.286 e. The van der Waals surface area contributed by atoms with Gasteiger partial charge in [-0.05, 0) is 49.4 Å². The lowest BCUT2D eigenvalue weighted by atomic mass is 10.3. The lowest BCUT2D eigenvalue weighted by Gasteiger charge is -2.06. The van der Waals surface area contributed by atoms with Crippen LogP contribution < -0.4 is 9.54 Å². The Labute approximate surface area is 168 Å². The number of halogens is 2. The van der Waals surface area contributed by atoms with Crippen molar-refractivity contribution < 1.29 is 18.7 Å². The van der Waals surface area contributed by atoms with Gasteiger partial charge in [0, 0.05) is 17.6 Å². The molecule has 0 spiro atoms. The Hall–Kier alpha value is -2.03. The van der Waals surface area contributed by atoms with Crippen molar-refractivity contribution >= 4 is 43.4 Å². The molecule has 0 saturated carbocycles. The highest BCUT2D eigenvalue weighted by Gasteiger charge is 2.09. The Bertz CT molecular complexity index is 998. The van der Waals surface area contributed by atoms with Gasteiger partial charge in [0.15, 0.2) is 11.4 Å². The summed E-state index contributed by atoms with van der Waals surface area (Å²) in [5.74, 6) is -0.343. The van der Waals surface area contributed by atoms with Crippen LogP contribution in [0.25, 0.3) is 10.2 Å². The average molecular weight is 453 g/mol. The number of thiazole rings is 1. The highest BCUT2D eigenvalue weighted by molar-refractivity contribution is 9.10. The Balaban J connectivity index is 1.83. The van der Waals surface area contributed by atoms with Crippen LogP contribution in [0, 0.1) is 5.82 Å². The second kappa shape index (κ2) is 9.25. The number of carbonyl (C=O) groups is 1. The van der Waals surface area contributed by atoms with Crippen molar-refractivity contribution in [3.8, 4) is 5.75 Å². The molecular weight excluding hydrogens is 435 g/mol. The predicted octanol–water partition coefficient (Wildman–Crippen LogP) is 4.15. The molecule has 0 N–H and O–H groups in total. The summed E-state index contributed by atoms with van der Waals surface area (Å²) < 4.78 is 27.7. The highest BCUT2D eigenvalue weighted by Crippen LogP contribution is 2.22. The molecule has 0 radical (unpaired) electrons. The molecule has 0 bridgehead atoms. The van der Waals surface area contributed by atoms with Gasteiger partial charge in [-0.2, -0.15) is 4.99 Å². The zero-order chi connectivity index (χ0) is 19.2. The van der Waals surface area contributed by atoms with E-state index in [0.717, 1.165) is 14.7 Å². The van der Waals surface area contributed by atoms with Gasteiger partial charge in [0.2, 0.25) is 0 Å². The van der Waals surface area contributed by atoms with Gasteiger partial charge in [-0.25, -0.2) is 4.39 Å². The number of carbonyl (C=O) groups excluding carboxylic acids is 1. The number of fused-ring (bicyclic) bond motifs is 1. The van der Waals surface area contributed by atoms with Gasteiger partial charge in [0.1, 0.15) is 11.6 Å². The van der Waals surface area contributed by atoms with Crippen molar-refractivity contribution in [2.45, 2.75) is 13.5 Å². The van der Waals surface area contributed by atoms with Crippen molar-refractivity contribution in [3.63, 3.8) is 0 Å². The molecule has 0 aliphatic carbocycles. The van der Waals surface area contributed by atoms with Crippen molar-refractivity contribution in [2.75, 3.05) is 19.8 Å². The van der Waals surface area contributed by atoms with Gasteiger partial charge >= 0.3 is 0 Å². The van der Waals surface area contributed by atoms with Crippen LogP contribution in [0.1, 0.15) is 6.92 Å². The number of rotatable bonds is 7. The van der Waals surface area contributed by atoms with E-state index in [1.165, 1.54) is 35.6 Å². The SMILES string of the molecule is CCOCCn1c(=NC(=O)COc2ccc(F)cc2)sc2cc(Br)ccc21. The molecule has 3 rings (SSSR count). The molecule has 0 fully saturated rings. The van der Waals surface area contributed by atoms with E-state index in [0.29, 0.717) is 30.3 Å². The predicted molar refractivity (Wildman–Crippen MR) is 106 cm³/mol. The maximum atomic E-state index is 12.9. The topological polar surface area (TPSA) is 52.8 Å². The summed E-state index contributed by atoms with van der Waals surface area (Å²) in [7, 11) is 0. The molecule has 3 aromatic rings. The summed E-state index contributed by atoms with van der Waals surface area (Å²) >= 11 is 4.90. The maximum absolute atomic E-state index is 12.9. The molecule has 27 heavy (non-hydrogen) atoms. The van der Waals surface area contributed by atoms with Crippen LogP contribution in [0.3, 0.4) is 0 Å². The highest BCUT2D eigenvalue weighted by atomic mass is 79.9. The molecule has 142 valence electrons. The van der Waals surface area contributed by atoms with Crippen LogP contribution in [0.5, 0.6) is 5.75 Å². The lowest BCUT2D eigenvalue weighted by Crippen LogP contribution is -2.21. The van der Waals surface area contributed by atoms with Gasteiger partial charge in [-0.3, -0.25) is 4.79 Å². The van der Waals surface area contributed by atoms with Gasteiger partial charge in [0.05, 0.1) is 16.8 Å². The summed E-state index contributed by atoms with van der Waals surface area (Å²) in [5, 5.41) is 0. The minimum absolute atomic E-state index is 0.213. The van der Waals surface area contributed by atoms with Crippen LogP contribution >= 0.6 is 27.3 Å². The lowest BCUT2D eigenvalue weighted by molar-refractivity contribution is -0.120. The largest absolute Gasteiger partial charge is 0.484 e. The van der Waals surface area contributed by atoms with Crippen molar-refractivity contribution in [2.24, 2.45) is 4.99 Å². The third-order valence-corrected chi connectivity index (χ3v) is 5.24. The number of hydrogen-bond donors (Lipinski definition) is 0. The Morgan fingerprint density at radius 3 is 2.78 bits per heavy atom. The van der Waals surface area contributed by atoms with E-state index in [1.807, 2.05) is 29.7 Å². The van der Waals surface area contributed by atoms with E-state index in [2.05, 4.69) is 20.9 Å². The van der Waals surface area contributed by atoms with Crippen LogP contribution in [0.2, 0.25) is 0 Å². The summed E-state index contributed by atoms with van der Waals surface area (Å²) in [5.41, 5.74) is 0.994. The van der Waals surface area contributed by atoms with Crippen molar-refractivity contribution in [1.29, 1.82) is 0 Å². The molecule has 1 aromatic heterocycles. The first-order valence-electron chi connectivity index (χ1n) is 8.39. The molecule has 5 nitrogen and oxygen atoms in total. The van der Waals surface area contributed by atoms with Gasteiger partial charge in [-0.15, -0.1) is 0 Å². The first-order chi connectivity index (χ1) is 13.1. The minimum Gasteiger partial charge on any atom is -0.484 e. The minimum atomic E-state index is -0.407. The number of ether oxygens (including phenoxy) is 2. The number of hydrogen-bond acceptors (Lipinski definition) is 4. The van der Waals surface area contributed by atoms with Crippen molar-refractivity contribution in [1.82, 2.24) is 4.57 Å². The zero-order valence-electron chi connectivity index (χ0n) is 14.7. The van der Waals surface area contributed by atoms with E-state index in [-0.39, 0.29) is 12.4 Å². The van der Waals surface area contributed by atoms with Gasteiger partial charge in [0.25, 0.3) is 5.91 Å². The molecule has 0 unspecified atom stereocenters. The zero-order valence-corrected chi connectivity index (χ0v) is 17.1. The molecule has 1 heterocycles. The number of nitrogens with zero attached hydrogens (tertiary/aromatic N) is 2. The summed E-state index contributed by atoms with van der Waals surface area (Å²) in [6.45, 7) is 3.49. The number of benzene rings is 2. The molecule has 0 saturated heterocycles. The normalized spacial score (nSPS) is 11.9. The summed E-state index contributed by atoms with van der Waals surface area (Å²) in [6.07, 6.45) is 0. The van der Waals surface area contributed by atoms with Crippen LogP contribution in [-0.4, -0.2) is 30.3 Å². The second-order valence-corrected chi connectivity index (χ2v) is 7.52. The van der Waals surface area contributed by atoms with E-state index in [1.54, 1.807) is 0 Å². The van der Waals surface area contributed by atoms with E-state index < -0.39 is 5.91 Å². The first kappa shape index (κ1) is 19.7. The fourth-order valence-corrected chi connectivity index (χ4v) is 4.09. The summed E-state index contributed by atoms with van der Waals surface area (Å²) in [6, 6.07) is 11.4. The quantitative estimate of drug-likeness (QED) is 0.506. The number of amides is 1. The van der Waals surface area contributed by atoms with E-state index >= 15 is 0 Å². The van der Waals surface area contributed by atoms with E-state index in [9.17, 15) is 9.18 Å². The molecule has 0 aliphatic rings. The third-order valence-electron chi connectivity index (χ3n) is 3.70. The molecular formula is C19H18BrFN2O3S. The monoisotopic (exact) mass is 452 g/mol. The first-order valence-corrected chi connectivity index (χ1v) is 10.0. The summed E-state index contributed by atoms with van der Waals surface area (Å²) in [4.78, 5) is 17.1. The fourth-order valence-electron chi connectivity index (χ4n) is 2.46. The second-order valence-electron chi connectivity index (χ2n) is 5.59. The van der Waals surface area contributed by atoms with Crippen LogP contribution in [0.4, 0.5) is 4.39 Å². The average Bonchev–Trinajstić information content (AvgIpc) is 2.97. The standard InChI is InChI=1S/C19H18BrFN2O3S/c1-2-25-10-9-23-16-8-3-13(20)11-17(16)27-19(23)22-18(24)12-26-15-6-4-14(21)5-7-15/h3-8,11H,2,9-10,12H2,1H3. The van der Waals surface area contributed by atoms with Gasteiger partial charge in [-0.1, -0.05) is 27.3 Å². The molecule has 2 aromatic carbocycles. The number of aromatic nitrogens is 1. The Kier molecular flexibility index (Phi) is 6.76. The fraction of sp³-hybridized carbons (Fsp3) is 0.263. The van der Waals surface area contributed by atoms with Crippen LogP contribution in [-0.2, 0) is 16.1 Å². The third kappa shape index (κ3) is 5.24. The Morgan fingerprint density at radius 1 is 1.26 bits per heavy atom.